The molecule has 0 heterocycles. The predicted molar refractivity (Wildman–Crippen MR) is 76.2 cm³/mol. The second-order valence-electron chi connectivity index (χ2n) is 5.26. The van der Waals surface area contributed by atoms with E-state index < -0.39 is 15.6 Å². The minimum Gasteiger partial charge on any atom is -0.495 e. The first-order chi connectivity index (χ1) is 9.53. The molecule has 112 valence electrons. The summed E-state index contributed by atoms with van der Waals surface area (Å²) in [6, 6.07) is 6.50. The number of ether oxygens (including phenoxy) is 1. The first-order valence-corrected chi connectivity index (χ1v) is 8.29. The van der Waals surface area contributed by atoms with Crippen molar-refractivity contribution in [2.75, 3.05) is 13.7 Å². The summed E-state index contributed by atoms with van der Waals surface area (Å²) in [5, 5.41) is 9.62. The Morgan fingerprint density at radius 3 is 2.50 bits per heavy atom. The van der Waals surface area contributed by atoms with Crippen LogP contribution >= 0.6 is 0 Å². The molecular formula is C14H21NO4S. The van der Waals surface area contributed by atoms with Crippen molar-refractivity contribution in [1.82, 2.24) is 4.72 Å². The van der Waals surface area contributed by atoms with Crippen molar-refractivity contribution in [3.05, 3.63) is 24.3 Å². The van der Waals surface area contributed by atoms with Gasteiger partial charge in [0.1, 0.15) is 10.6 Å². The highest BCUT2D eigenvalue weighted by Crippen LogP contribution is 2.31. The third-order valence-electron chi connectivity index (χ3n) is 3.82. The summed E-state index contributed by atoms with van der Waals surface area (Å²) in [5.41, 5.74) is -0.738. The molecule has 2 N–H and O–H groups in total. The van der Waals surface area contributed by atoms with Crippen LogP contribution in [0.3, 0.4) is 0 Å². The summed E-state index contributed by atoms with van der Waals surface area (Å²) in [6.45, 7) is -0.179. The Balaban J connectivity index is 2.30. The van der Waals surface area contributed by atoms with Crippen LogP contribution in [-0.4, -0.2) is 32.8 Å². The van der Waals surface area contributed by atoms with Gasteiger partial charge in [-0.05, 0) is 25.0 Å². The van der Waals surface area contributed by atoms with Crippen molar-refractivity contribution in [3.8, 4) is 5.75 Å². The molecule has 20 heavy (non-hydrogen) atoms. The second-order valence-corrected chi connectivity index (χ2v) is 6.91. The molecule has 0 spiro atoms. The van der Waals surface area contributed by atoms with Gasteiger partial charge in [-0.15, -0.1) is 0 Å². The van der Waals surface area contributed by atoms with Crippen LogP contribution in [0.4, 0.5) is 0 Å². The van der Waals surface area contributed by atoms with Gasteiger partial charge in [0.05, 0.1) is 19.3 Å². The van der Waals surface area contributed by atoms with Gasteiger partial charge in [0.25, 0.3) is 0 Å². The molecule has 6 heteroatoms. The quantitative estimate of drug-likeness (QED) is 0.867. The number of aliphatic hydroxyl groups excluding tert-OH is 1. The number of rotatable bonds is 5. The monoisotopic (exact) mass is 299 g/mol. The van der Waals surface area contributed by atoms with Crippen molar-refractivity contribution in [2.45, 2.75) is 42.5 Å². The molecule has 0 atom stereocenters. The van der Waals surface area contributed by atoms with E-state index in [0.29, 0.717) is 18.6 Å². The first-order valence-electron chi connectivity index (χ1n) is 6.81. The minimum absolute atomic E-state index is 0.112. The summed E-state index contributed by atoms with van der Waals surface area (Å²) >= 11 is 0. The Morgan fingerprint density at radius 1 is 1.25 bits per heavy atom. The Morgan fingerprint density at radius 2 is 1.90 bits per heavy atom. The molecular weight excluding hydrogens is 278 g/mol. The summed E-state index contributed by atoms with van der Waals surface area (Å²) in [7, 11) is -2.27. The number of benzene rings is 1. The largest absolute Gasteiger partial charge is 0.495 e. The van der Waals surface area contributed by atoms with Crippen molar-refractivity contribution >= 4 is 10.0 Å². The topological polar surface area (TPSA) is 75.6 Å². The number of sulfonamides is 1. The van der Waals surface area contributed by atoms with E-state index in [0.717, 1.165) is 19.3 Å². The lowest BCUT2D eigenvalue weighted by molar-refractivity contribution is 0.142. The van der Waals surface area contributed by atoms with Crippen molar-refractivity contribution in [3.63, 3.8) is 0 Å². The van der Waals surface area contributed by atoms with Crippen LogP contribution in [0.5, 0.6) is 5.75 Å². The number of para-hydroxylation sites is 1. The third-order valence-corrected chi connectivity index (χ3v) is 5.44. The van der Waals surface area contributed by atoms with Gasteiger partial charge in [0, 0.05) is 0 Å². The van der Waals surface area contributed by atoms with E-state index in [1.165, 1.54) is 13.2 Å². The molecule has 0 radical (unpaired) electrons. The van der Waals surface area contributed by atoms with E-state index in [1.54, 1.807) is 18.2 Å². The smallest absolute Gasteiger partial charge is 0.244 e. The molecule has 5 nitrogen and oxygen atoms in total. The van der Waals surface area contributed by atoms with Gasteiger partial charge < -0.3 is 9.84 Å². The summed E-state index contributed by atoms with van der Waals surface area (Å²) in [5.74, 6) is 0.309. The SMILES string of the molecule is COc1ccccc1S(=O)(=O)NC1(CO)CCCCC1. The summed E-state index contributed by atoms with van der Waals surface area (Å²) in [6.07, 6.45) is 4.26. The van der Waals surface area contributed by atoms with Crippen LogP contribution in [0.1, 0.15) is 32.1 Å². The van der Waals surface area contributed by atoms with E-state index in [-0.39, 0.29) is 11.5 Å². The van der Waals surface area contributed by atoms with Crippen molar-refractivity contribution in [2.24, 2.45) is 0 Å². The molecule has 2 rings (SSSR count). The highest BCUT2D eigenvalue weighted by molar-refractivity contribution is 7.89. The van der Waals surface area contributed by atoms with Gasteiger partial charge >= 0.3 is 0 Å². The van der Waals surface area contributed by atoms with E-state index in [4.69, 9.17) is 4.74 Å². The van der Waals surface area contributed by atoms with E-state index in [2.05, 4.69) is 4.72 Å². The maximum absolute atomic E-state index is 12.5. The Bertz CT molecular complexity index is 550. The van der Waals surface area contributed by atoms with Crippen LogP contribution in [0.2, 0.25) is 0 Å². The maximum Gasteiger partial charge on any atom is 0.244 e. The molecule has 0 aliphatic heterocycles. The number of aliphatic hydroxyl groups is 1. The summed E-state index contributed by atoms with van der Waals surface area (Å²) < 4.78 is 32.9. The molecule has 0 saturated heterocycles. The van der Waals surface area contributed by atoms with Gasteiger partial charge in [-0.1, -0.05) is 31.4 Å². The molecule has 1 saturated carbocycles. The predicted octanol–water partition coefficient (Wildman–Crippen LogP) is 1.67. The number of nitrogens with one attached hydrogen (secondary N) is 1. The van der Waals surface area contributed by atoms with Crippen LogP contribution in [-0.2, 0) is 10.0 Å². The fourth-order valence-corrected chi connectivity index (χ4v) is 4.32. The number of methoxy groups -OCH3 is 1. The van der Waals surface area contributed by atoms with Gasteiger partial charge in [0.2, 0.25) is 10.0 Å². The van der Waals surface area contributed by atoms with Gasteiger partial charge in [-0.3, -0.25) is 0 Å². The fourth-order valence-electron chi connectivity index (χ4n) is 2.70. The molecule has 0 amide bonds. The van der Waals surface area contributed by atoms with Crippen LogP contribution in [0.15, 0.2) is 29.2 Å². The maximum atomic E-state index is 12.5. The highest BCUT2D eigenvalue weighted by Gasteiger charge is 2.36. The highest BCUT2D eigenvalue weighted by atomic mass is 32.2. The van der Waals surface area contributed by atoms with E-state index >= 15 is 0 Å². The Labute approximate surface area is 120 Å². The average molecular weight is 299 g/mol. The molecule has 1 aliphatic rings. The van der Waals surface area contributed by atoms with Crippen LogP contribution in [0.25, 0.3) is 0 Å². The Hall–Kier alpha value is -1.11. The van der Waals surface area contributed by atoms with Gasteiger partial charge in [-0.25, -0.2) is 13.1 Å². The zero-order chi connectivity index (χ0) is 14.6. The van der Waals surface area contributed by atoms with Crippen LogP contribution in [0, 0.1) is 0 Å². The molecule has 1 fully saturated rings. The minimum atomic E-state index is -3.71. The van der Waals surface area contributed by atoms with Gasteiger partial charge in [-0.2, -0.15) is 0 Å². The van der Waals surface area contributed by atoms with Crippen molar-refractivity contribution < 1.29 is 18.3 Å². The number of hydrogen-bond donors (Lipinski definition) is 2. The van der Waals surface area contributed by atoms with E-state index in [9.17, 15) is 13.5 Å². The Kier molecular flexibility index (Phi) is 4.67. The van der Waals surface area contributed by atoms with Gasteiger partial charge in [0.15, 0.2) is 0 Å². The third kappa shape index (κ3) is 3.13. The summed E-state index contributed by atoms with van der Waals surface area (Å²) in [4.78, 5) is 0.112. The molecule has 1 aromatic rings. The van der Waals surface area contributed by atoms with E-state index in [1.807, 2.05) is 0 Å². The standard InChI is InChI=1S/C14H21NO4S/c1-19-12-7-3-4-8-13(12)20(17,18)15-14(11-16)9-5-2-6-10-14/h3-4,7-8,15-16H,2,5-6,9-11H2,1H3. The average Bonchev–Trinajstić information content (AvgIpc) is 2.47. The molecule has 1 aromatic carbocycles. The second kappa shape index (κ2) is 6.11. The lowest BCUT2D eigenvalue weighted by atomic mass is 9.83. The molecule has 0 aromatic heterocycles. The molecule has 0 unspecified atom stereocenters. The van der Waals surface area contributed by atoms with Crippen molar-refractivity contribution in [1.29, 1.82) is 0 Å². The number of hydrogen-bond acceptors (Lipinski definition) is 4. The molecule has 1 aliphatic carbocycles. The lowest BCUT2D eigenvalue weighted by Gasteiger charge is -2.36. The zero-order valence-corrected chi connectivity index (χ0v) is 12.4. The lowest BCUT2D eigenvalue weighted by Crippen LogP contribution is -2.52. The molecule has 0 bridgehead atoms. The zero-order valence-electron chi connectivity index (χ0n) is 11.6. The normalized spacial score (nSPS) is 18.7. The van der Waals surface area contributed by atoms with Crippen LogP contribution < -0.4 is 9.46 Å². The first kappa shape index (κ1) is 15.3. The fraction of sp³-hybridized carbons (Fsp3) is 0.571.